The maximum Gasteiger partial charge on any atom is 0.322 e. The summed E-state index contributed by atoms with van der Waals surface area (Å²) in [7, 11) is 0. The first kappa shape index (κ1) is 20.5. The molecule has 2 rings (SSSR count). The van der Waals surface area contributed by atoms with Gasteiger partial charge in [0.05, 0.1) is 0 Å². The smallest absolute Gasteiger partial charge is 0.322 e. The number of aryl methyl sites for hydroxylation is 2. The molecule has 0 fully saturated rings. The summed E-state index contributed by atoms with van der Waals surface area (Å²) in [4.78, 5) is 26.5. The Morgan fingerprint density at radius 1 is 1.11 bits per heavy atom. The summed E-state index contributed by atoms with van der Waals surface area (Å²) in [6, 6.07) is 8.92. The van der Waals surface area contributed by atoms with E-state index >= 15 is 0 Å². The van der Waals surface area contributed by atoms with Crippen LogP contribution in [0.5, 0.6) is 0 Å². The summed E-state index contributed by atoms with van der Waals surface area (Å²) >= 11 is 0. The first-order chi connectivity index (χ1) is 13.0. The maximum atomic E-state index is 12.7. The average Bonchev–Trinajstić information content (AvgIpc) is 3.02. The van der Waals surface area contributed by atoms with E-state index in [0.29, 0.717) is 23.8 Å². The molecule has 2 N–H and O–H groups in total. The zero-order valence-corrected chi connectivity index (χ0v) is 16.2. The van der Waals surface area contributed by atoms with Gasteiger partial charge < -0.3 is 20.1 Å². The van der Waals surface area contributed by atoms with Gasteiger partial charge >= 0.3 is 6.03 Å². The normalized spacial score (nSPS) is 10.5. The van der Waals surface area contributed by atoms with Crippen LogP contribution in [0, 0.1) is 13.8 Å². The molecular weight excluding hydrogens is 344 g/mol. The quantitative estimate of drug-likeness (QED) is 0.641. The molecule has 7 heteroatoms. The maximum absolute atomic E-state index is 12.7. The van der Waals surface area contributed by atoms with Gasteiger partial charge in [-0.25, -0.2) is 4.79 Å². The lowest BCUT2D eigenvalue weighted by molar-refractivity contribution is -0.116. The van der Waals surface area contributed by atoms with Gasteiger partial charge in [0.1, 0.15) is 12.3 Å². The Morgan fingerprint density at radius 2 is 1.93 bits per heavy atom. The summed E-state index contributed by atoms with van der Waals surface area (Å²) in [5.74, 6) is 0.652. The van der Waals surface area contributed by atoms with Crippen molar-refractivity contribution in [2.45, 2.75) is 46.5 Å². The monoisotopic (exact) mass is 372 g/mol. The standard InChI is InChI=1S/C20H28N4O3/c1-4-5-6-7-11-24(14-19(25)22-18-13-16(3)27-23-18)20(26)21-17-10-8-9-15(2)12-17/h8-10,12-13H,4-7,11,14H2,1-3H3,(H,21,26)(H,22,23,25). The zero-order chi connectivity index (χ0) is 19.6. The van der Waals surface area contributed by atoms with E-state index in [2.05, 4.69) is 22.7 Å². The molecule has 0 aliphatic carbocycles. The van der Waals surface area contributed by atoms with Crippen LogP contribution in [0.4, 0.5) is 16.3 Å². The minimum absolute atomic E-state index is 0.0460. The molecule has 0 bridgehead atoms. The fourth-order valence-corrected chi connectivity index (χ4v) is 2.69. The van der Waals surface area contributed by atoms with Crippen molar-refractivity contribution in [3.63, 3.8) is 0 Å². The number of rotatable bonds is 9. The number of hydrogen-bond donors (Lipinski definition) is 2. The predicted molar refractivity (Wildman–Crippen MR) is 106 cm³/mol. The van der Waals surface area contributed by atoms with E-state index in [4.69, 9.17) is 4.52 Å². The number of nitrogens with one attached hydrogen (secondary N) is 2. The molecule has 7 nitrogen and oxygen atoms in total. The lowest BCUT2D eigenvalue weighted by Gasteiger charge is -2.22. The van der Waals surface area contributed by atoms with Gasteiger partial charge in [0.2, 0.25) is 5.91 Å². The Kier molecular flexibility index (Phi) is 7.85. The van der Waals surface area contributed by atoms with Crippen molar-refractivity contribution in [2.24, 2.45) is 0 Å². The minimum Gasteiger partial charge on any atom is -0.360 e. The van der Waals surface area contributed by atoms with Crippen molar-refractivity contribution in [2.75, 3.05) is 23.7 Å². The van der Waals surface area contributed by atoms with Crippen molar-refractivity contribution in [1.82, 2.24) is 10.1 Å². The van der Waals surface area contributed by atoms with Crippen LogP contribution in [-0.2, 0) is 4.79 Å². The minimum atomic E-state index is -0.307. The van der Waals surface area contributed by atoms with Crippen molar-refractivity contribution >= 4 is 23.4 Å². The number of urea groups is 1. The average molecular weight is 372 g/mol. The van der Waals surface area contributed by atoms with Crippen LogP contribution >= 0.6 is 0 Å². The number of anilines is 2. The lowest BCUT2D eigenvalue weighted by atomic mass is 10.2. The number of aromatic nitrogens is 1. The molecule has 1 heterocycles. The second-order valence-corrected chi connectivity index (χ2v) is 6.65. The van der Waals surface area contributed by atoms with E-state index in [9.17, 15) is 9.59 Å². The molecule has 0 saturated heterocycles. The largest absolute Gasteiger partial charge is 0.360 e. The van der Waals surface area contributed by atoms with Crippen LogP contribution in [0.2, 0.25) is 0 Å². The van der Waals surface area contributed by atoms with Crippen LogP contribution in [0.15, 0.2) is 34.9 Å². The number of amides is 3. The summed E-state index contributed by atoms with van der Waals surface area (Å²) in [5, 5.41) is 9.27. The molecule has 0 atom stereocenters. The van der Waals surface area contributed by atoms with Crippen molar-refractivity contribution in [3.05, 3.63) is 41.7 Å². The highest BCUT2D eigenvalue weighted by Gasteiger charge is 2.18. The van der Waals surface area contributed by atoms with Crippen molar-refractivity contribution in [1.29, 1.82) is 0 Å². The zero-order valence-electron chi connectivity index (χ0n) is 16.2. The number of hydrogen-bond acceptors (Lipinski definition) is 4. The van der Waals surface area contributed by atoms with Crippen molar-refractivity contribution in [3.8, 4) is 0 Å². The van der Waals surface area contributed by atoms with E-state index in [-0.39, 0.29) is 18.5 Å². The molecule has 3 amide bonds. The number of benzene rings is 1. The highest BCUT2D eigenvalue weighted by Crippen LogP contribution is 2.12. The lowest BCUT2D eigenvalue weighted by Crippen LogP contribution is -2.41. The molecule has 0 aliphatic heterocycles. The SMILES string of the molecule is CCCCCCN(CC(=O)Nc1cc(C)on1)C(=O)Nc1cccc(C)c1. The van der Waals surface area contributed by atoms with Gasteiger partial charge in [-0.1, -0.05) is 43.5 Å². The fraction of sp³-hybridized carbons (Fsp3) is 0.450. The molecule has 0 unspecified atom stereocenters. The summed E-state index contributed by atoms with van der Waals surface area (Å²) in [6.45, 7) is 6.32. The van der Waals surface area contributed by atoms with Gasteiger partial charge in [0.25, 0.3) is 0 Å². The Hall–Kier alpha value is -2.83. The molecule has 27 heavy (non-hydrogen) atoms. The molecule has 146 valence electrons. The number of carbonyl (C=O) groups is 2. The van der Waals surface area contributed by atoms with E-state index < -0.39 is 0 Å². The van der Waals surface area contributed by atoms with Crippen molar-refractivity contribution < 1.29 is 14.1 Å². The highest BCUT2D eigenvalue weighted by molar-refractivity contribution is 5.96. The second kappa shape index (κ2) is 10.4. The first-order valence-electron chi connectivity index (χ1n) is 9.33. The Balaban J connectivity index is 1.98. The van der Waals surface area contributed by atoms with Crippen LogP contribution in [0.25, 0.3) is 0 Å². The van der Waals surface area contributed by atoms with Gasteiger partial charge in [-0.15, -0.1) is 0 Å². The van der Waals surface area contributed by atoms with Crippen LogP contribution in [0.1, 0.15) is 43.9 Å². The predicted octanol–water partition coefficient (Wildman–Crippen LogP) is 4.34. The van der Waals surface area contributed by atoms with E-state index in [0.717, 1.165) is 31.2 Å². The summed E-state index contributed by atoms with van der Waals surface area (Å²) < 4.78 is 4.94. The summed E-state index contributed by atoms with van der Waals surface area (Å²) in [6.07, 6.45) is 4.10. The van der Waals surface area contributed by atoms with E-state index in [1.807, 2.05) is 31.2 Å². The molecule has 0 spiro atoms. The third-order valence-corrected chi connectivity index (χ3v) is 4.07. The number of nitrogens with zero attached hydrogens (tertiary/aromatic N) is 2. The van der Waals surface area contributed by atoms with Crippen LogP contribution in [0.3, 0.4) is 0 Å². The topological polar surface area (TPSA) is 87.5 Å². The molecule has 2 aromatic rings. The molecule has 0 aliphatic rings. The third-order valence-electron chi connectivity index (χ3n) is 4.07. The fourth-order valence-electron chi connectivity index (χ4n) is 2.69. The molecule has 1 aromatic heterocycles. The van der Waals surface area contributed by atoms with Gasteiger partial charge in [-0.05, 0) is 38.0 Å². The Labute approximate surface area is 160 Å². The highest BCUT2D eigenvalue weighted by atomic mass is 16.5. The molecule has 0 saturated carbocycles. The molecule has 1 aromatic carbocycles. The Morgan fingerprint density at radius 3 is 2.59 bits per heavy atom. The van der Waals surface area contributed by atoms with Gasteiger partial charge in [0.15, 0.2) is 5.82 Å². The van der Waals surface area contributed by atoms with Gasteiger partial charge in [0, 0.05) is 18.3 Å². The number of unbranched alkanes of at least 4 members (excludes halogenated alkanes) is 3. The Bertz CT molecular complexity index is 757. The third kappa shape index (κ3) is 7.13. The number of carbonyl (C=O) groups excluding carboxylic acids is 2. The summed E-state index contributed by atoms with van der Waals surface area (Å²) in [5.41, 5.74) is 1.77. The molecule has 0 radical (unpaired) electrons. The molecular formula is C20H28N4O3. The van der Waals surface area contributed by atoms with Crippen LogP contribution < -0.4 is 10.6 Å². The first-order valence-corrected chi connectivity index (χ1v) is 9.33. The van der Waals surface area contributed by atoms with E-state index in [1.165, 1.54) is 4.90 Å². The van der Waals surface area contributed by atoms with Crippen LogP contribution in [-0.4, -0.2) is 35.1 Å². The second-order valence-electron chi connectivity index (χ2n) is 6.65. The van der Waals surface area contributed by atoms with E-state index in [1.54, 1.807) is 13.0 Å². The van der Waals surface area contributed by atoms with Gasteiger partial charge in [-0.2, -0.15) is 0 Å². The van der Waals surface area contributed by atoms with Gasteiger partial charge in [-0.3, -0.25) is 4.79 Å².